The molecule has 0 radical (unpaired) electrons. The van der Waals surface area contributed by atoms with Crippen LogP contribution in [-0.4, -0.2) is 60.2 Å². The first-order valence-electron chi connectivity index (χ1n) is 6.71. The minimum Gasteiger partial charge on any atom is -0.350 e. The smallest absolute Gasteiger partial charge is 0.267 e. The maximum atomic E-state index is 11.7. The minimum absolute atomic E-state index is 0. The van der Waals surface area contributed by atoms with Gasteiger partial charge in [-0.1, -0.05) is 11.6 Å². The fraction of sp³-hybridized carbons (Fsp3) is 0.385. The third-order valence-corrected chi connectivity index (χ3v) is 4.12. The topological polar surface area (TPSA) is 73.2 Å². The van der Waals surface area contributed by atoms with Gasteiger partial charge in [0.15, 0.2) is 11.7 Å². The highest BCUT2D eigenvalue weighted by Gasteiger charge is 2.39. The van der Waals surface area contributed by atoms with E-state index < -0.39 is 0 Å². The first-order chi connectivity index (χ1) is 10.2. The minimum atomic E-state index is -0.163. The van der Waals surface area contributed by atoms with Gasteiger partial charge in [-0.3, -0.25) is 4.79 Å². The van der Waals surface area contributed by atoms with Crippen molar-refractivity contribution in [3.63, 3.8) is 0 Å². The zero-order valence-corrected chi connectivity index (χ0v) is 13.4. The number of hydrogen-bond acceptors (Lipinski definition) is 6. The molecule has 0 unspecified atom stereocenters. The summed E-state index contributed by atoms with van der Waals surface area (Å²) in [5.74, 6) is 1.19. The molecule has 3 aliphatic rings. The molecule has 1 amide bonds. The molecule has 3 aliphatic heterocycles. The van der Waals surface area contributed by atoms with Gasteiger partial charge in [0.05, 0.1) is 11.9 Å². The summed E-state index contributed by atoms with van der Waals surface area (Å²) in [4.78, 5) is 28.5. The third-order valence-electron chi connectivity index (χ3n) is 3.91. The van der Waals surface area contributed by atoms with Crippen molar-refractivity contribution in [3.05, 3.63) is 17.4 Å². The van der Waals surface area contributed by atoms with Gasteiger partial charge in [-0.25, -0.2) is 9.98 Å². The van der Waals surface area contributed by atoms with E-state index in [1.54, 1.807) is 12.3 Å². The summed E-state index contributed by atoms with van der Waals surface area (Å²) in [7, 11) is 1.94. The Balaban J connectivity index is 0.00000144. The first-order valence-corrected chi connectivity index (χ1v) is 7.09. The summed E-state index contributed by atoms with van der Waals surface area (Å²) in [5.41, 5.74) is 1.50. The second-order valence-electron chi connectivity index (χ2n) is 5.24. The number of aliphatic imine (C=N–C) groups is 2. The van der Waals surface area contributed by atoms with Crippen LogP contribution in [0.25, 0.3) is 0 Å². The van der Waals surface area contributed by atoms with E-state index in [1.165, 1.54) is 0 Å². The van der Waals surface area contributed by atoms with E-state index in [4.69, 9.17) is 11.6 Å². The van der Waals surface area contributed by atoms with E-state index in [-0.39, 0.29) is 24.9 Å². The molecule has 1 aromatic heterocycles. The standard InChI is InChI=1S/C13H13ClN6O.ClH/c1-15-7-4-19(5-7)12-13-18-11(21)6-20(13)9-2-10(14)16-3-8(9)17-12;/h2-3,7,15H,4-6H2,1H3;1H. The molecule has 9 heteroatoms. The number of carbonyl (C=O) groups excluding carboxylic acids is 1. The number of nitrogens with one attached hydrogen (secondary N) is 1. The number of halogens is 2. The lowest BCUT2D eigenvalue weighted by Crippen LogP contribution is -2.62. The second-order valence-corrected chi connectivity index (χ2v) is 5.62. The van der Waals surface area contributed by atoms with Gasteiger partial charge in [0, 0.05) is 25.2 Å². The molecule has 116 valence electrons. The Bertz CT molecular complexity index is 698. The number of likely N-dealkylation sites (N-methyl/N-ethyl adjacent to an activating group) is 1. The predicted octanol–water partition coefficient (Wildman–Crippen LogP) is 0.849. The van der Waals surface area contributed by atoms with E-state index in [1.807, 2.05) is 11.9 Å². The molecule has 1 N–H and O–H groups in total. The Kier molecular flexibility index (Phi) is 3.80. The van der Waals surface area contributed by atoms with Gasteiger partial charge in [0.1, 0.15) is 17.4 Å². The van der Waals surface area contributed by atoms with Crippen molar-refractivity contribution in [2.75, 3.05) is 31.6 Å². The molecule has 0 aliphatic carbocycles. The molecule has 22 heavy (non-hydrogen) atoms. The number of aromatic nitrogens is 1. The highest BCUT2D eigenvalue weighted by molar-refractivity contribution is 6.50. The van der Waals surface area contributed by atoms with E-state index >= 15 is 0 Å². The van der Waals surface area contributed by atoms with Crippen molar-refractivity contribution in [3.8, 4) is 0 Å². The molecule has 4 rings (SSSR count). The second kappa shape index (κ2) is 5.49. The normalized spacial score (nSPS) is 19.8. The molecule has 0 saturated carbocycles. The van der Waals surface area contributed by atoms with Crippen LogP contribution in [0.1, 0.15) is 0 Å². The Hall–Kier alpha value is -1.70. The molecule has 4 heterocycles. The fourth-order valence-corrected chi connectivity index (χ4v) is 2.87. The highest BCUT2D eigenvalue weighted by Crippen LogP contribution is 2.36. The van der Waals surface area contributed by atoms with Crippen LogP contribution in [-0.2, 0) is 4.79 Å². The van der Waals surface area contributed by atoms with Crippen LogP contribution in [0.5, 0.6) is 0 Å². The Labute approximate surface area is 138 Å². The van der Waals surface area contributed by atoms with Crippen molar-refractivity contribution in [2.24, 2.45) is 9.98 Å². The number of likely N-dealkylation sites (tertiary alicyclic amines) is 1. The Morgan fingerprint density at radius 2 is 2.09 bits per heavy atom. The molecular weight excluding hydrogens is 327 g/mol. The zero-order chi connectivity index (χ0) is 14.6. The summed E-state index contributed by atoms with van der Waals surface area (Å²) in [5, 5.41) is 3.60. The summed E-state index contributed by atoms with van der Waals surface area (Å²) in [6.45, 7) is 1.93. The number of carbonyl (C=O) groups is 1. The Morgan fingerprint density at radius 3 is 2.82 bits per heavy atom. The average molecular weight is 341 g/mol. The molecule has 0 aromatic carbocycles. The summed E-state index contributed by atoms with van der Waals surface area (Å²) in [6, 6.07) is 2.17. The monoisotopic (exact) mass is 340 g/mol. The van der Waals surface area contributed by atoms with E-state index in [2.05, 4.69) is 25.2 Å². The SMILES string of the molecule is CNC1CN(C2=Nc3cnc(Cl)cc3N3CC(=O)N=C23)C1.Cl. The summed E-state index contributed by atoms with van der Waals surface area (Å²) >= 11 is 5.95. The average Bonchev–Trinajstić information content (AvgIpc) is 2.80. The van der Waals surface area contributed by atoms with Crippen molar-refractivity contribution >= 4 is 53.0 Å². The number of hydrogen-bond donors (Lipinski definition) is 1. The molecular formula is C13H14Cl2N6O. The van der Waals surface area contributed by atoms with Gasteiger partial charge >= 0.3 is 0 Å². The number of nitrogens with zero attached hydrogens (tertiary/aromatic N) is 5. The molecule has 0 atom stereocenters. The lowest BCUT2D eigenvalue weighted by molar-refractivity contribution is -0.115. The van der Waals surface area contributed by atoms with Crippen LogP contribution in [0.15, 0.2) is 22.2 Å². The number of pyridine rings is 1. The lowest BCUT2D eigenvalue weighted by Gasteiger charge is -2.43. The van der Waals surface area contributed by atoms with E-state index in [0.29, 0.717) is 17.0 Å². The third kappa shape index (κ3) is 2.25. The summed E-state index contributed by atoms with van der Waals surface area (Å²) in [6.07, 6.45) is 1.63. The fourth-order valence-electron chi connectivity index (χ4n) is 2.72. The van der Waals surface area contributed by atoms with Gasteiger partial charge < -0.3 is 15.1 Å². The first kappa shape index (κ1) is 15.2. The van der Waals surface area contributed by atoms with Crippen molar-refractivity contribution in [1.29, 1.82) is 0 Å². The molecule has 1 fully saturated rings. The summed E-state index contributed by atoms with van der Waals surface area (Å²) < 4.78 is 0. The van der Waals surface area contributed by atoms with E-state index in [9.17, 15) is 4.79 Å². The van der Waals surface area contributed by atoms with Crippen LogP contribution in [0.3, 0.4) is 0 Å². The van der Waals surface area contributed by atoms with Crippen LogP contribution < -0.4 is 10.2 Å². The highest BCUT2D eigenvalue weighted by atomic mass is 35.5. The van der Waals surface area contributed by atoms with Crippen molar-refractivity contribution in [1.82, 2.24) is 15.2 Å². The van der Waals surface area contributed by atoms with Gasteiger partial charge in [-0.15, -0.1) is 12.4 Å². The predicted molar refractivity (Wildman–Crippen MR) is 87.8 cm³/mol. The molecule has 0 spiro atoms. The van der Waals surface area contributed by atoms with Crippen molar-refractivity contribution in [2.45, 2.75) is 6.04 Å². The number of fused-ring (bicyclic) bond motifs is 3. The molecule has 1 saturated heterocycles. The maximum absolute atomic E-state index is 11.7. The molecule has 7 nitrogen and oxygen atoms in total. The number of anilines is 1. The van der Waals surface area contributed by atoms with Crippen LogP contribution in [0.4, 0.5) is 11.4 Å². The quantitative estimate of drug-likeness (QED) is 0.767. The number of amidine groups is 2. The van der Waals surface area contributed by atoms with Gasteiger partial charge in [-0.05, 0) is 7.05 Å². The van der Waals surface area contributed by atoms with Gasteiger partial charge in [0.2, 0.25) is 0 Å². The molecule has 0 bridgehead atoms. The van der Waals surface area contributed by atoms with Gasteiger partial charge in [0.25, 0.3) is 5.91 Å². The van der Waals surface area contributed by atoms with Crippen molar-refractivity contribution < 1.29 is 4.79 Å². The number of amides is 1. The zero-order valence-electron chi connectivity index (χ0n) is 11.8. The van der Waals surface area contributed by atoms with E-state index in [0.717, 1.165) is 30.3 Å². The van der Waals surface area contributed by atoms with Crippen LogP contribution in [0.2, 0.25) is 5.15 Å². The largest absolute Gasteiger partial charge is 0.350 e. The van der Waals surface area contributed by atoms with Crippen LogP contribution >= 0.6 is 24.0 Å². The lowest BCUT2D eigenvalue weighted by atomic mass is 10.1. The molecule has 1 aromatic rings. The number of rotatable bonds is 1. The Morgan fingerprint density at radius 1 is 1.32 bits per heavy atom. The van der Waals surface area contributed by atoms with Gasteiger partial charge in [-0.2, -0.15) is 4.99 Å². The van der Waals surface area contributed by atoms with Crippen LogP contribution in [0, 0.1) is 0 Å². The maximum Gasteiger partial charge on any atom is 0.267 e.